The molecule has 0 aliphatic heterocycles. The van der Waals surface area contributed by atoms with Gasteiger partial charge in [0.15, 0.2) is 0 Å². The molecule has 0 bridgehead atoms. The molecule has 0 aromatic heterocycles. The van der Waals surface area contributed by atoms with Gasteiger partial charge in [-0.15, -0.1) is 0 Å². The molecule has 0 amide bonds. The Kier molecular flexibility index (Phi) is 4.41. The number of ether oxygens (including phenoxy) is 1. The van der Waals surface area contributed by atoms with Crippen LogP contribution < -0.4 is 0 Å². The van der Waals surface area contributed by atoms with Gasteiger partial charge in [0.05, 0.1) is 13.5 Å². The van der Waals surface area contributed by atoms with Gasteiger partial charge in [-0.3, -0.25) is 4.79 Å². The maximum absolute atomic E-state index is 11.3. The Balaban J connectivity index is 2.35. The van der Waals surface area contributed by atoms with Crippen LogP contribution in [-0.4, -0.2) is 18.2 Å². The highest BCUT2D eigenvalue weighted by Gasteiger charge is 2.08. The van der Waals surface area contributed by atoms with E-state index >= 15 is 0 Å². The Bertz CT molecular complexity index is 600. The van der Waals surface area contributed by atoms with Crippen molar-refractivity contribution in [3.05, 3.63) is 53.6 Å². The SMILES string of the molecule is CCc1cc(CC(=O)OC)ccc1-c1ccc(O)cc1. The average molecular weight is 270 g/mol. The number of hydrogen-bond acceptors (Lipinski definition) is 3. The molecule has 0 fully saturated rings. The van der Waals surface area contributed by atoms with Crippen molar-refractivity contribution in [2.24, 2.45) is 0 Å². The van der Waals surface area contributed by atoms with Gasteiger partial charge in [-0.05, 0) is 40.8 Å². The molecule has 0 atom stereocenters. The zero-order valence-electron chi connectivity index (χ0n) is 11.7. The molecule has 2 rings (SSSR count). The summed E-state index contributed by atoms with van der Waals surface area (Å²) in [6, 6.07) is 13.1. The fraction of sp³-hybridized carbons (Fsp3) is 0.235. The lowest BCUT2D eigenvalue weighted by Crippen LogP contribution is -2.05. The minimum Gasteiger partial charge on any atom is -0.508 e. The van der Waals surface area contributed by atoms with Crippen LogP contribution in [0.25, 0.3) is 11.1 Å². The quantitative estimate of drug-likeness (QED) is 0.867. The average Bonchev–Trinajstić information content (AvgIpc) is 2.48. The van der Waals surface area contributed by atoms with Gasteiger partial charge < -0.3 is 9.84 Å². The lowest BCUT2D eigenvalue weighted by molar-refractivity contribution is -0.139. The summed E-state index contributed by atoms with van der Waals surface area (Å²) < 4.78 is 4.69. The molecule has 0 spiro atoms. The monoisotopic (exact) mass is 270 g/mol. The number of carbonyl (C=O) groups excluding carboxylic acids is 1. The van der Waals surface area contributed by atoms with Crippen LogP contribution in [-0.2, 0) is 22.4 Å². The van der Waals surface area contributed by atoms with Gasteiger partial charge in [0, 0.05) is 0 Å². The van der Waals surface area contributed by atoms with E-state index in [9.17, 15) is 9.90 Å². The van der Waals surface area contributed by atoms with E-state index < -0.39 is 0 Å². The Hall–Kier alpha value is -2.29. The molecule has 104 valence electrons. The Morgan fingerprint density at radius 2 is 1.85 bits per heavy atom. The molecule has 20 heavy (non-hydrogen) atoms. The summed E-state index contributed by atoms with van der Waals surface area (Å²) in [6.45, 7) is 2.08. The fourth-order valence-corrected chi connectivity index (χ4v) is 2.21. The predicted molar refractivity (Wildman–Crippen MR) is 78.6 cm³/mol. The number of benzene rings is 2. The third-order valence-corrected chi connectivity index (χ3v) is 3.30. The van der Waals surface area contributed by atoms with Crippen LogP contribution >= 0.6 is 0 Å². The zero-order chi connectivity index (χ0) is 14.5. The minimum absolute atomic E-state index is 0.232. The number of aryl methyl sites for hydroxylation is 1. The van der Waals surface area contributed by atoms with Gasteiger partial charge in [0.2, 0.25) is 0 Å². The molecule has 1 N–H and O–H groups in total. The van der Waals surface area contributed by atoms with Gasteiger partial charge in [-0.1, -0.05) is 37.3 Å². The standard InChI is InChI=1S/C17H18O3/c1-3-13-10-12(11-17(19)20-2)4-9-16(13)14-5-7-15(18)8-6-14/h4-10,18H,3,11H2,1-2H3. The van der Waals surface area contributed by atoms with Crippen LogP contribution in [0.4, 0.5) is 0 Å². The van der Waals surface area contributed by atoms with Crippen LogP contribution in [0.15, 0.2) is 42.5 Å². The minimum atomic E-state index is -0.232. The second-order valence-corrected chi connectivity index (χ2v) is 4.64. The Labute approximate surface area is 118 Å². The predicted octanol–water partition coefficient (Wildman–Crippen LogP) is 3.34. The first-order valence-corrected chi connectivity index (χ1v) is 6.62. The first-order valence-electron chi connectivity index (χ1n) is 6.62. The smallest absolute Gasteiger partial charge is 0.309 e. The second kappa shape index (κ2) is 6.24. The maximum atomic E-state index is 11.3. The van der Waals surface area contributed by atoms with Crippen LogP contribution in [0.3, 0.4) is 0 Å². The number of methoxy groups -OCH3 is 1. The van der Waals surface area contributed by atoms with Crippen molar-refractivity contribution in [3.8, 4) is 16.9 Å². The maximum Gasteiger partial charge on any atom is 0.309 e. The van der Waals surface area contributed by atoms with E-state index in [-0.39, 0.29) is 11.7 Å². The molecule has 0 aliphatic rings. The van der Waals surface area contributed by atoms with E-state index in [1.807, 2.05) is 30.3 Å². The summed E-state index contributed by atoms with van der Waals surface area (Å²) in [6.07, 6.45) is 1.17. The van der Waals surface area contributed by atoms with E-state index in [2.05, 4.69) is 11.7 Å². The summed E-state index contributed by atoms with van der Waals surface area (Å²) >= 11 is 0. The highest BCUT2D eigenvalue weighted by Crippen LogP contribution is 2.27. The van der Waals surface area contributed by atoms with Crippen molar-refractivity contribution < 1.29 is 14.6 Å². The molecule has 3 nitrogen and oxygen atoms in total. The van der Waals surface area contributed by atoms with Gasteiger partial charge in [0.25, 0.3) is 0 Å². The third-order valence-electron chi connectivity index (χ3n) is 3.30. The molecule has 2 aromatic rings. The summed E-state index contributed by atoms with van der Waals surface area (Å²) in [7, 11) is 1.40. The summed E-state index contributed by atoms with van der Waals surface area (Å²) in [5.74, 6) is 0.0264. The summed E-state index contributed by atoms with van der Waals surface area (Å²) in [5, 5.41) is 9.35. The largest absolute Gasteiger partial charge is 0.508 e. The van der Waals surface area contributed by atoms with Crippen molar-refractivity contribution in [3.63, 3.8) is 0 Å². The van der Waals surface area contributed by atoms with Crippen molar-refractivity contribution in [1.29, 1.82) is 0 Å². The molecule has 0 unspecified atom stereocenters. The summed E-state index contributed by atoms with van der Waals surface area (Å²) in [5.41, 5.74) is 4.32. The zero-order valence-corrected chi connectivity index (χ0v) is 11.7. The van der Waals surface area contributed by atoms with Crippen LogP contribution in [0, 0.1) is 0 Å². The molecule has 0 heterocycles. The molecule has 0 saturated heterocycles. The van der Waals surface area contributed by atoms with E-state index in [0.717, 1.165) is 23.1 Å². The highest BCUT2D eigenvalue weighted by atomic mass is 16.5. The molecular weight excluding hydrogens is 252 g/mol. The van der Waals surface area contributed by atoms with Gasteiger partial charge in [-0.25, -0.2) is 0 Å². The van der Waals surface area contributed by atoms with Crippen molar-refractivity contribution in [2.75, 3.05) is 7.11 Å². The normalized spacial score (nSPS) is 10.3. The number of aromatic hydroxyl groups is 1. The highest BCUT2D eigenvalue weighted by molar-refractivity contribution is 5.74. The van der Waals surface area contributed by atoms with Gasteiger partial charge in [-0.2, -0.15) is 0 Å². The lowest BCUT2D eigenvalue weighted by Gasteiger charge is -2.10. The first-order chi connectivity index (χ1) is 9.63. The first kappa shape index (κ1) is 14.1. The molecular formula is C17H18O3. The molecule has 2 aromatic carbocycles. The van der Waals surface area contributed by atoms with Gasteiger partial charge >= 0.3 is 5.97 Å². The number of phenols is 1. The van der Waals surface area contributed by atoms with Crippen LogP contribution in [0.5, 0.6) is 5.75 Å². The molecule has 0 radical (unpaired) electrons. The molecule has 0 saturated carbocycles. The number of hydrogen-bond donors (Lipinski definition) is 1. The van der Waals surface area contributed by atoms with E-state index in [0.29, 0.717) is 6.42 Å². The van der Waals surface area contributed by atoms with E-state index in [4.69, 9.17) is 0 Å². The fourth-order valence-electron chi connectivity index (χ4n) is 2.21. The number of carbonyl (C=O) groups is 1. The number of phenolic OH excluding ortho intramolecular Hbond substituents is 1. The molecule has 3 heteroatoms. The van der Waals surface area contributed by atoms with E-state index in [1.54, 1.807) is 12.1 Å². The van der Waals surface area contributed by atoms with Crippen LogP contribution in [0.2, 0.25) is 0 Å². The van der Waals surface area contributed by atoms with Gasteiger partial charge in [0.1, 0.15) is 5.75 Å². The third kappa shape index (κ3) is 3.18. The molecule has 0 aliphatic carbocycles. The lowest BCUT2D eigenvalue weighted by atomic mass is 9.95. The number of esters is 1. The Morgan fingerprint density at radius 1 is 1.15 bits per heavy atom. The Morgan fingerprint density at radius 3 is 2.45 bits per heavy atom. The van der Waals surface area contributed by atoms with Crippen molar-refractivity contribution >= 4 is 5.97 Å². The second-order valence-electron chi connectivity index (χ2n) is 4.64. The number of rotatable bonds is 4. The summed E-state index contributed by atoms with van der Waals surface area (Å²) in [4.78, 5) is 11.3. The topological polar surface area (TPSA) is 46.5 Å². The van der Waals surface area contributed by atoms with Crippen molar-refractivity contribution in [1.82, 2.24) is 0 Å². The van der Waals surface area contributed by atoms with E-state index in [1.165, 1.54) is 12.7 Å². The van der Waals surface area contributed by atoms with Crippen molar-refractivity contribution in [2.45, 2.75) is 19.8 Å². The van der Waals surface area contributed by atoms with Crippen LogP contribution in [0.1, 0.15) is 18.1 Å².